The van der Waals surface area contributed by atoms with E-state index < -0.39 is 11.2 Å². The molecule has 1 aromatic carbocycles. The van der Waals surface area contributed by atoms with Crippen LogP contribution < -0.4 is 0 Å². The molecule has 0 saturated carbocycles. The largest absolute Gasteiger partial charge is 0.370 e. The molecule has 0 N–H and O–H groups in total. The molecule has 0 aliphatic carbocycles. The van der Waals surface area contributed by atoms with Crippen molar-refractivity contribution >= 4 is 17.4 Å². The van der Waals surface area contributed by atoms with E-state index in [0.29, 0.717) is 24.5 Å². The Morgan fingerprint density at radius 3 is 2.76 bits per heavy atom. The standard InChI is InChI=1S/C17H21ClO3/c1-11(2)17-9-15(16(3,21-17)8-14(17)19)20-10-12-6-4-5-7-13(12)18/h4-7,11,15H,8-10H2,1-3H3/t15-,16+,17-/m1/s1. The number of fused-ring (bicyclic) bond motifs is 2. The van der Waals surface area contributed by atoms with Gasteiger partial charge in [-0.15, -0.1) is 0 Å². The van der Waals surface area contributed by atoms with Crippen LogP contribution in [0.3, 0.4) is 0 Å². The zero-order valence-corrected chi connectivity index (χ0v) is 13.4. The minimum atomic E-state index is -0.653. The Labute approximate surface area is 130 Å². The van der Waals surface area contributed by atoms with Gasteiger partial charge in [0.25, 0.3) is 0 Å². The molecule has 4 heteroatoms. The molecule has 0 radical (unpaired) electrons. The number of hydrogen-bond donors (Lipinski definition) is 0. The van der Waals surface area contributed by atoms with Gasteiger partial charge in [0.2, 0.25) is 0 Å². The summed E-state index contributed by atoms with van der Waals surface area (Å²) in [5.74, 6) is 0.387. The molecule has 0 unspecified atom stereocenters. The summed E-state index contributed by atoms with van der Waals surface area (Å²) >= 11 is 6.16. The maximum Gasteiger partial charge on any atom is 0.167 e. The molecule has 3 nitrogen and oxygen atoms in total. The lowest BCUT2D eigenvalue weighted by Gasteiger charge is -2.30. The average Bonchev–Trinajstić information content (AvgIpc) is 2.86. The van der Waals surface area contributed by atoms with Gasteiger partial charge in [0, 0.05) is 17.9 Å². The minimum absolute atomic E-state index is 0.0612. The third-order valence-electron chi connectivity index (χ3n) is 4.90. The van der Waals surface area contributed by atoms with Crippen molar-refractivity contribution in [3.05, 3.63) is 34.9 Å². The number of carbonyl (C=O) groups excluding carboxylic acids is 1. The summed E-state index contributed by atoms with van der Waals surface area (Å²) in [6.07, 6.45) is 1.02. The highest BCUT2D eigenvalue weighted by Gasteiger charge is 2.65. The van der Waals surface area contributed by atoms with E-state index in [1.54, 1.807) is 0 Å². The first-order valence-electron chi connectivity index (χ1n) is 7.46. The van der Waals surface area contributed by atoms with Crippen LogP contribution in [0.25, 0.3) is 0 Å². The number of ketones is 1. The van der Waals surface area contributed by atoms with E-state index >= 15 is 0 Å². The Balaban J connectivity index is 1.74. The molecule has 3 rings (SSSR count). The van der Waals surface area contributed by atoms with Crippen LogP contribution in [0.4, 0.5) is 0 Å². The number of carbonyl (C=O) groups is 1. The van der Waals surface area contributed by atoms with Crippen molar-refractivity contribution in [3.8, 4) is 0 Å². The van der Waals surface area contributed by atoms with E-state index in [1.807, 2.05) is 45.0 Å². The number of halogens is 1. The fourth-order valence-corrected chi connectivity index (χ4v) is 3.71. The second kappa shape index (κ2) is 5.08. The summed E-state index contributed by atoms with van der Waals surface area (Å²) in [7, 11) is 0. The summed E-state index contributed by atoms with van der Waals surface area (Å²) in [6, 6.07) is 7.67. The van der Waals surface area contributed by atoms with Crippen LogP contribution in [0.5, 0.6) is 0 Å². The Kier molecular flexibility index (Phi) is 3.63. The molecule has 2 bridgehead atoms. The van der Waals surface area contributed by atoms with Crippen LogP contribution in [-0.4, -0.2) is 23.1 Å². The van der Waals surface area contributed by atoms with Gasteiger partial charge in [-0.25, -0.2) is 0 Å². The minimum Gasteiger partial charge on any atom is -0.370 e. The van der Waals surface area contributed by atoms with Gasteiger partial charge in [-0.05, 0) is 24.5 Å². The van der Waals surface area contributed by atoms with E-state index in [-0.39, 0.29) is 17.8 Å². The lowest BCUT2D eigenvalue weighted by Crippen LogP contribution is -2.44. The molecule has 0 amide bonds. The van der Waals surface area contributed by atoms with Gasteiger partial charge in [-0.2, -0.15) is 0 Å². The Bertz CT molecular complexity index is 571. The van der Waals surface area contributed by atoms with Crippen molar-refractivity contribution in [3.63, 3.8) is 0 Å². The molecule has 2 aliphatic rings. The second-order valence-electron chi connectivity index (χ2n) is 6.65. The van der Waals surface area contributed by atoms with Crippen molar-refractivity contribution in [2.45, 2.75) is 57.5 Å². The highest BCUT2D eigenvalue weighted by Crippen LogP contribution is 2.53. The monoisotopic (exact) mass is 308 g/mol. The van der Waals surface area contributed by atoms with Gasteiger partial charge in [0.15, 0.2) is 5.78 Å². The van der Waals surface area contributed by atoms with Crippen LogP contribution >= 0.6 is 11.6 Å². The Morgan fingerprint density at radius 1 is 1.43 bits per heavy atom. The highest BCUT2D eigenvalue weighted by molar-refractivity contribution is 6.31. The van der Waals surface area contributed by atoms with E-state index in [2.05, 4.69) is 0 Å². The first-order chi connectivity index (χ1) is 9.87. The third kappa shape index (κ3) is 2.32. The zero-order valence-electron chi connectivity index (χ0n) is 12.7. The topological polar surface area (TPSA) is 35.5 Å². The van der Waals surface area contributed by atoms with Crippen molar-refractivity contribution < 1.29 is 14.3 Å². The number of ether oxygens (including phenoxy) is 2. The molecule has 2 aliphatic heterocycles. The van der Waals surface area contributed by atoms with Gasteiger partial charge >= 0.3 is 0 Å². The van der Waals surface area contributed by atoms with Crippen LogP contribution in [-0.2, 0) is 20.9 Å². The van der Waals surface area contributed by atoms with Gasteiger partial charge in [-0.3, -0.25) is 4.79 Å². The van der Waals surface area contributed by atoms with Crippen molar-refractivity contribution in [2.24, 2.45) is 5.92 Å². The predicted molar refractivity (Wildman–Crippen MR) is 81.3 cm³/mol. The molecule has 2 heterocycles. The SMILES string of the molecule is CC(C)[C@]12C[C@@H](OCc3ccccc3Cl)[C@](C)(CC1=O)O2. The molecule has 21 heavy (non-hydrogen) atoms. The Morgan fingerprint density at radius 2 is 2.14 bits per heavy atom. The zero-order chi connectivity index (χ0) is 15.3. The van der Waals surface area contributed by atoms with Crippen molar-refractivity contribution in [1.29, 1.82) is 0 Å². The van der Waals surface area contributed by atoms with Crippen molar-refractivity contribution in [2.75, 3.05) is 0 Å². The van der Waals surface area contributed by atoms with E-state index in [1.165, 1.54) is 0 Å². The fraction of sp³-hybridized carbons (Fsp3) is 0.588. The van der Waals surface area contributed by atoms with Gasteiger partial charge in [-0.1, -0.05) is 43.6 Å². The average molecular weight is 309 g/mol. The molecule has 114 valence electrons. The summed E-state index contributed by atoms with van der Waals surface area (Å²) in [5, 5.41) is 0.710. The van der Waals surface area contributed by atoms with Gasteiger partial charge in [0.05, 0.1) is 18.3 Å². The molecule has 2 saturated heterocycles. The summed E-state index contributed by atoms with van der Waals surface area (Å²) in [6.45, 7) is 6.52. The quantitative estimate of drug-likeness (QED) is 0.849. The summed E-state index contributed by atoms with van der Waals surface area (Å²) < 4.78 is 12.2. The van der Waals surface area contributed by atoms with Crippen LogP contribution in [0, 0.1) is 5.92 Å². The van der Waals surface area contributed by atoms with Crippen LogP contribution in [0.1, 0.15) is 39.2 Å². The van der Waals surface area contributed by atoms with Gasteiger partial charge in [0.1, 0.15) is 5.60 Å². The van der Waals surface area contributed by atoms with E-state index in [9.17, 15) is 4.79 Å². The first kappa shape index (κ1) is 15.0. The molecule has 0 spiro atoms. The lowest BCUT2D eigenvalue weighted by atomic mass is 9.74. The van der Waals surface area contributed by atoms with Crippen molar-refractivity contribution in [1.82, 2.24) is 0 Å². The normalized spacial score (nSPS) is 34.9. The van der Waals surface area contributed by atoms with E-state index in [0.717, 1.165) is 5.56 Å². The number of rotatable bonds is 4. The third-order valence-corrected chi connectivity index (χ3v) is 5.27. The molecule has 2 fully saturated rings. The number of Topliss-reactive ketones (excluding diaryl/α,β-unsaturated/α-hetero) is 1. The van der Waals surface area contributed by atoms with Crippen LogP contribution in [0.15, 0.2) is 24.3 Å². The smallest absolute Gasteiger partial charge is 0.167 e. The predicted octanol–water partition coefficient (Wildman–Crippen LogP) is 3.77. The molecule has 1 aromatic rings. The molecule has 3 atom stereocenters. The molecule has 0 aromatic heterocycles. The molecular weight excluding hydrogens is 288 g/mol. The maximum absolute atomic E-state index is 12.3. The van der Waals surface area contributed by atoms with E-state index in [4.69, 9.17) is 21.1 Å². The Hall–Kier alpha value is -0.900. The maximum atomic E-state index is 12.3. The highest BCUT2D eigenvalue weighted by atomic mass is 35.5. The fourth-order valence-electron chi connectivity index (χ4n) is 3.52. The van der Waals surface area contributed by atoms with Crippen LogP contribution in [0.2, 0.25) is 5.02 Å². The summed E-state index contributed by atoms with van der Waals surface area (Å²) in [5.41, 5.74) is -0.182. The molecular formula is C17H21ClO3. The number of benzene rings is 1. The lowest BCUT2D eigenvalue weighted by molar-refractivity contribution is -0.136. The summed E-state index contributed by atoms with van der Waals surface area (Å²) in [4.78, 5) is 12.3. The number of hydrogen-bond acceptors (Lipinski definition) is 3. The first-order valence-corrected chi connectivity index (χ1v) is 7.84. The van der Waals surface area contributed by atoms with Gasteiger partial charge < -0.3 is 9.47 Å². The second-order valence-corrected chi connectivity index (χ2v) is 7.06.